The van der Waals surface area contributed by atoms with Crippen LogP contribution in [0.1, 0.15) is 18.4 Å². The van der Waals surface area contributed by atoms with Crippen LogP contribution >= 0.6 is 15.9 Å². The molecule has 0 atom stereocenters. The van der Waals surface area contributed by atoms with Crippen molar-refractivity contribution in [2.24, 2.45) is 5.92 Å². The van der Waals surface area contributed by atoms with Gasteiger partial charge in [-0.2, -0.15) is 0 Å². The van der Waals surface area contributed by atoms with Crippen molar-refractivity contribution in [1.82, 2.24) is 9.62 Å². The quantitative estimate of drug-likeness (QED) is 0.523. The molecule has 0 bridgehead atoms. The minimum Gasteiger partial charge on any atom is -0.497 e. The lowest BCUT2D eigenvalue weighted by Gasteiger charge is -2.30. The number of hydrogen-bond donors (Lipinski definition) is 1. The normalized spacial score (nSPS) is 15.4. The Morgan fingerprint density at radius 1 is 1.13 bits per heavy atom. The number of methoxy groups -OCH3 is 1. The summed E-state index contributed by atoms with van der Waals surface area (Å²) in [6, 6.07) is 14.5. The number of benzene rings is 2. The Morgan fingerprint density at radius 3 is 2.45 bits per heavy atom. The van der Waals surface area contributed by atoms with Gasteiger partial charge in [0.1, 0.15) is 18.1 Å². The summed E-state index contributed by atoms with van der Waals surface area (Å²) in [5, 5.41) is 2.88. The largest absolute Gasteiger partial charge is 0.497 e. The molecule has 2 aromatic rings. The van der Waals surface area contributed by atoms with Crippen LogP contribution in [0.4, 0.5) is 0 Å². The van der Waals surface area contributed by atoms with Crippen LogP contribution in [0.15, 0.2) is 53.0 Å². The van der Waals surface area contributed by atoms with Crippen molar-refractivity contribution >= 4 is 31.9 Å². The second kappa shape index (κ2) is 11.0. The lowest BCUT2D eigenvalue weighted by atomic mass is 9.97. The molecule has 0 spiro atoms. The van der Waals surface area contributed by atoms with Crippen LogP contribution in [-0.2, 0) is 20.6 Å². The maximum Gasteiger partial charge on any atom is 0.223 e. The van der Waals surface area contributed by atoms with Gasteiger partial charge in [0.25, 0.3) is 0 Å². The summed E-state index contributed by atoms with van der Waals surface area (Å²) in [4.78, 5) is 12.4. The molecule has 2 aromatic carbocycles. The molecular formula is C22H27BrN2O5S. The number of rotatable bonds is 9. The summed E-state index contributed by atoms with van der Waals surface area (Å²) in [6.45, 7) is 1.47. The third kappa shape index (κ3) is 6.95. The van der Waals surface area contributed by atoms with Gasteiger partial charge in [0, 0.05) is 23.5 Å². The number of hydrogen-bond acceptors (Lipinski definition) is 5. The van der Waals surface area contributed by atoms with Crippen LogP contribution in [0.5, 0.6) is 11.5 Å². The fraction of sp³-hybridized carbons (Fsp3) is 0.409. The zero-order valence-corrected chi connectivity index (χ0v) is 19.8. The van der Waals surface area contributed by atoms with Crippen molar-refractivity contribution in [3.63, 3.8) is 0 Å². The molecule has 7 nitrogen and oxygen atoms in total. The average Bonchev–Trinajstić information content (AvgIpc) is 2.77. The minimum absolute atomic E-state index is 0.0357. The van der Waals surface area contributed by atoms with Crippen molar-refractivity contribution in [1.29, 1.82) is 0 Å². The number of ether oxygens (including phenoxy) is 2. The predicted octanol–water partition coefficient (Wildman–Crippen LogP) is 3.19. The van der Waals surface area contributed by atoms with Crippen molar-refractivity contribution in [2.45, 2.75) is 18.6 Å². The third-order valence-electron chi connectivity index (χ3n) is 5.19. The smallest absolute Gasteiger partial charge is 0.223 e. The van der Waals surface area contributed by atoms with Gasteiger partial charge in [-0.1, -0.05) is 28.1 Å². The Bertz CT molecular complexity index is 974. The predicted molar refractivity (Wildman–Crippen MR) is 123 cm³/mol. The van der Waals surface area contributed by atoms with Crippen LogP contribution in [0.2, 0.25) is 0 Å². The first kappa shape index (κ1) is 23.6. The van der Waals surface area contributed by atoms with Gasteiger partial charge in [-0.15, -0.1) is 0 Å². The highest BCUT2D eigenvalue weighted by Gasteiger charge is 2.31. The number of halogens is 1. The van der Waals surface area contributed by atoms with E-state index >= 15 is 0 Å². The fourth-order valence-corrected chi connectivity index (χ4v) is 5.48. The highest BCUT2D eigenvalue weighted by Crippen LogP contribution is 2.23. The first-order valence-corrected chi connectivity index (χ1v) is 12.5. The van der Waals surface area contributed by atoms with Gasteiger partial charge < -0.3 is 14.8 Å². The van der Waals surface area contributed by atoms with Crippen LogP contribution in [0, 0.1) is 5.92 Å². The summed E-state index contributed by atoms with van der Waals surface area (Å²) in [5.74, 6) is 1.19. The van der Waals surface area contributed by atoms with Gasteiger partial charge in [-0.25, -0.2) is 12.7 Å². The Hall–Kier alpha value is -2.10. The number of piperidine rings is 1. The van der Waals surface area contributed by atoms with E-state index < -0.39 is 10.0 Å². The molecule has 0 aromatic heterocycles. The van der Waals surface area contributed by atoms with E-state index in [1.165, 1.54) is 4.31 Å². The third-order valence-corrected chi connectivity index (χ3v) is 7.53. The molecule has 1 aliphatic heterocycles. The van der Waals surface area contributed by atoms with Gasteiger partial charge >= 0.3 is 0 Å². The summed E-state index contributed by atoms with van der Waals surface area (Å²) in [7, 11) is -1.80. The average molecular weight is 511 g/mol. The molecule has 1 aliphatic rings. The topological polar surface area (TPSA) is 84.9 Å². The van der Waals surface area contributed by atoms with Gasteiger partial charge in [0.05, 0.1) is 19.4 Å². The zero-order chi connectivity index (χ0) is 22.3. The monoisotopic (exact) mass is 510 g/mol. The highest BCUT2D eigenvalue weighted by molar-refractivity contribution is 9.10. The van der Waals surface area contributed by atoms with E-state index in [1.807, 2.05) is 42.5 Å². The lowest BCUT2D eigenvalue weighted by molar-refractivity contribution is -0.126. The first-order valence-electron chi connectivity index (χ1n) is 10.1. The SMILES string of the molecule is COc1ccc(OCCNC(=O)C2CCN(S(=O)(=O)Cc3cccc(Br)c3)CC2)cc1. The number of sulfonamides is 1. The fourth-order valence-electron chi connectivity index (χ4n) is 3.48. The number of carbonyl (C=O) groups excluding carboxylic acids is 1. The van der Waals surface area contributed by atoms with Gasteiger partial charge in [0.2, 0.25) is 15.9 Å². The molecule has 1 saturated heterocycles. The van der Waals surface area contributed by atoms with E-state index in [0.29, 0.717) is 44.8 Å². The zero-order valence-electron chi connectivity index (χ0n) is 17.4. The molecule has 0 aliphatic carbocycles. The van der Waals surface area contributed by atoms with Crippen molar-refractivity contribution in [3.8, 4) is 11.5 Å². The minimum atomic E-state index is -3.41. The Labute approximate surface area is 191 Å². The highest BCUT2D eigenvalue weighted by atomic mass is 79.9. The standard InChI is InChI=1S/C22H27BrN2O5S/c1-29-20-5-7-21(8-6-20)30-14-11-24-22(26)18-9-12-25(13-10-18)31(27,28)16-17-3-2-4-19(23)15-17/h2-8,15,18H,9-14,16H2,1H3,(H,24,26). The van der Waals surface area contributed by atoms with Crippen molar-refractivity contribution in [3.05, 3.63) is 58.6 Å². The number of amides is 1. The van der Waals surface area contributed by atoms with E-state index in [0.717, 1.165) is 15.8 Å². The number of nitrogens with one attached hydrogen (secondary N) is 1. The molecule has 1 fully saturated rings. The van der Waals surface area contributed by atoms with Crippen LogP contribution in [0.3, 0.4) is 0 Å². The molecule has 0 saturated carbocycles. The maximum atomic E-state index is 12.7. The Morgan fingerprint density at radius 2 is 1.81 bits per heavy atom. The van der Waals surface area contributed by atoms with Crippen molar-refractivity contribution < 1.29 is 22.7 Å². The van der Waals surface area contributed by atoms with Gasteiger partial charge in [-0.3, -0.25) is 4.79 Å². The molecule has 3 rings (SSSR count). The van der Waals surface area contributed by atoms with Gasteiger partial charge in [-0.05, 0) is 54.8 Å². The summed E-state index contributed by atoms with van der Waals surface area (Å²) < 4.78 is 38.5. The molecule has 31 heavy (non-hydrogen) atoms. The molecule has 0 radical (unpaired) electrons. The van der Waals surface area contributed by atoms with Crippen LogP contribution in [-0.4, -0.2) is 52.0 Å². The number of nitrogens with zero attached hydrogens (tertiary/aromatic N) is 1. The maximum absolute atomic E-state index is 12.7. The molecule has 1 amide bonds. The van der Waals surface area contributed by atoms with Gasteiger partial charge in [0.15, 0.2) is 0 Å². The summed E-state index contributed by atoms with van der Waals surface area (Å²) in [6.07, 6.45) is 1.03. The second-order valence-electron chi connectivity index (χ2n) is 7.37. The van der Waals surface area contributed by atoms with E-state index in [9.17, 15) is 13.2 Å². The van der Waals surface area contributed by atoms with E-state index in [-0.39, 0.29) is 17.6 Å². The van der Waals surface area contributed by atoms with Crippen LogP contribution in [0.25, 0.3) is 0 Å². The molecular weight excluding hydrogens is 484 g/mol. The Balaban J connectivity index is 1.39. The van der Waals surface area contributed by atoms with E-state index in [1.54, 1.807) is 13.2 Å². The lowest BCUT2D eigenvalue weighted by Crippen LogP contribution is -2.43. The van der Waals surface area contributed by atoms with E-state index in [2.05, 4.69) is 21.2 Å². The molecule has 9 heteroatoms. The molecule has 1 heterocycles. The van der Waals surface area contributed by atoms with E-state index in [4.69, 9.17) is 9.47 Å². The van der Waals surface area contributed by atoms with Crippen LogP contribution < -0.4 is 14.8 Å². The molecule has 0 unspecified atom stereocenters. The summed E-state index contributed by atoms with van der Waals surface area (Å²) in [5.41, 5.74) is 0.742. The molecule has 1 N–H and O–H groups in total. The van der Waals surface area contributed by atoms with Crippen molar-refractivity contribution in [2.75, 3.05) is 33.4 Å². The molecule has 168 valence electrons. The first-order chi connectivity index (χ1) is 14.9. The Kier molecular flexibility index (Phi) is 8.34. The summed E-state index contributed by atoms with van der Waals surface area (Å²) >= 11 is 3.37. The second-order valence-corrected chi connectivity index (χ2v) is 10.3. The number of carbonyl (C=O) groups is 1.